The van der Waals surface area contributed by atoms with Crippen LogP contribution >= 0.6 is 0 Å². The van der Waals surface area contributed by atoms with E-state index in [-0.39, 0.29) is 11.7 Å². The molecule has 0 radical (unpaired) electrons. The van der Waals surface area contributed by atoms with Crippen LogP contribution in [0.2, 0.25) is 0 Å². The lowest BCUT2D eigenvalue weighted by molar-refractivity contribution is -0.126. The smallest absolute Gasteiger partial charge is 0.246 e. The number of halogens is 1. The number of benzene rings is 1. The van der Waals surface area contributed by atoms with Gasteiger partial charge in [0.05, 0.1) is 6.20 Å². The zero-order valence-corrected chi connectivity index (χ0v) is 13.0. The van der Waals surface area contributed by atoms with E-state index in [0.29, 0.717) is 13.1 Å². The topological polar surface area (TPSA) is 41.4 Å². The molecule has 0 atom stereocenters. The van der Waals surface area contributed by atoms with Crippen molar-refractivity contribution in [1.29, 1.82) is 0 Å². The van der Waals surface area contributed by atoms with Crippen molar-refractivity contribution in [3.05, 3.63) is 54.1 Å². The summed E-state index contributed by atoms with van der Waals surface area (Å²) in [5.41, 5.74) is 1.90. The molecule has 2 heterocycles. The number of nitrogens with zero attached hydrogens (tertiary/aromatic N) is 4. The van der Waals surface area contributed by atoms with Gasteiger partial charge in [-0.15, -0.1) is 0 Å². The molecule has 6 heteroatoms. The maximum Gasteiger partial charge on any atom is 0.246 e. The van der Waals surface area contributed by atoms with Gasteiger partial charge >= 0.3 is 0 Å². The molecule has 0 aliphatic carbocycles. The number of amides is 1. The third-order valence-electron chi connectivity index (χ3n) is 3.93. The van der Waals surface area contributed by atoms with Crippen molar-refractivity contribution < 1.29 is 9.18 Å². The summed E-state index contributed by atoms with van der Waals surface area (Å²) in [5.74, 6) is -0.226. The second-order valence-corrected chi connectivity index (χ2v) is 5.57. The Balaban J connectivity index is 1.55. The maximum absolute atomic E-state index is 13.0. The van der Waals surface area contributed by atoms with Crippen LogP contribution in [0.4, 0.5) is 10.1 Å². The van der Waals surface area contributed by atoms with Gasteiger partial charge < -0.3 is 9.80 Å². The number of rotatable bonds is 3. The summed E-state index contributed by atoms with van der Waals surface area (Å²) in [6.07, 6.45) is 6.94. The highest BCUT2D eigenvalue weighted by Gasteiger charge is 2.19. The molecule has 1 aromatic carbocycles. The third-order valence-corrected chi connectivity index (χ3v) is 3.93. The molecule has 120 valence electrons. The highest BCUT2D eigenvalue weighted by Crippen LogP contribution is 2.17. The van der Waals surface area contributed by atoms with Crippen molar-refractivity contribution in [3.63, 3.8) is 0 Å². The fourth-order valence-corrected chi connectivity index (χ4v) is 2.64. The molecule has 1 aliphatic rings. The van der Waals surface area contributed by atoms with E-state index in [4.69, 9.17) is 0 Å². The van der Waals surface area contributed by atoms with E-state index in [2.05, 4.69) is 10.00 Å². The fraction of sp³-hybridized carbons (Fsp3) is 0.294. The molecule has 5 nitrogen and oxygen atoms in total. The molecule has 1 saturated heterocycles. The van der Waals surface area contributed by atoms with Crippen LogP contribution in [0, 0.1) is 5.82 Å². The summed E-state index contributed by atoms with van der Waals surface area (Å²) < 4.78 is 14.7. The van der Waals surface area contributed by atoms with Gasteiger partial charge in [0.25, 0.3) is 0 Å². The monoisotopic (exact) mass is 314 g/mol. The van der Waals surface area contributed by atoms with E-state index in [1.807, 2.05) is 18.1 Å². The molecule has 1 amide bonds. The SMILES string of the molecule is Cn1cc(C=CC(=O)N2CCN(c3ccc(F)cc3)CC2)cn1. The summed E-state index contributed by atoms with van der Waals surface area (Å²) in [4.78, 5) is 16.2. The van der Waals surface area contributed by atoms with Gasteiger partial charge in [-0.3, -0.25) is 9.48 Å². The average molecular weight is 314 g/mol. The number of aryl methyl sites for hydroxylation is 1. The standard InChI is InChI=1S/C17H19FN4O/c1-20-13-14(12-19-20)2-7-17(23)22-10-8-21(9-11-22)16-5-3-15(18)4-6-16/h2-7,12-13H,8-11H2,1H3. The Morgan fingerprint density at radius 1 is 1.17 bits per heavy atom. The molecule has 1 aromatic heterocycles. The van der Waals surface area contributed by atoms with Gasteiger partial charge in [-0.25, -0.2) is 4.39 Å². The summed E-state index contributed by atoms with van der Waals surface area (Å²) in [7, 11) is 1.84. The molecule has 1 fully saturated rings. The first-order chi connectivity index (χ1) is 11.1. The molecule has 2 aromatic rings. The number of aromatic nitrogens is 2. The Kier molecular flexibility index (Phi) is 4.41. The maximum atomic E-state index is 13.0. The predicted molar refractivity (Wildman–Crippen MR) is 87.4 cm³/mol. The van der Waals surface area contributed by atoms with E-state index in [9.17, 15) is 9.18 Å². The lowest BCUT2D eigenvalue weighted by atomic mass is 10.2. The summed E-state index contributed by atoms with van der Waals surface area (Å²) in [5, 5.41) is 4.06. The van der Waals surface area contributed by atoms with E-state index in [1.54, 1.807) is 35.2 Å². The largest absolute Gasteiger partial charge is 0.368 e. The Bertz CT molecular complexity index is 700. The van der Waals surface area contributed by atoms with Crippen LogP contribution in [0.1, 0.15) is 5.56 Å². The quantitative estimate of drug-likeness (QED) is 0.813. The van der Waals surface area contributed by atoms with E-state index in [0.717, 1.165) is 24.3 Å². The molecular formula is C17H19FN4O. The second-order valence-electron chi connectivity index (χ2n) is 5.57. The molecule has 0 saturated carbocycles. The van der Waals surface area contributed by atoms with Gasteiger partial charge in [-0.05, 0) is 30.3 Å². The van der Waals surface area contributed by atoms with Crippen molar-refractivity contribution in [3.8, 4) is 0 Å². The van der Waals surface area contributed by atoms with Crippen LogP contribution in [0.25, 0.3) is 6.08 Å². The Hall–Kier alpha value is -2.63. The van der Waals surface area contributed by atoms with Crippen LogP contribution in [0.5, 0.6) is 0 Å². The first-order valence-corrected chi connectivity index (χ1v) is 7.58. The zero-order chi connectivity index (χ0) is 16.2. The van der Waals surface area contributed by atoms with Crippen molar-refractivity contribution in [2.24, 2.45) is 7.05 Å². The first kappa shape index (κ1) is 15.3. The van der Waals surface area contributed by atoms with Gasteiger partial charge in [-0.1, -0.05) is 0 Å². The van der Waals surface area contributed by atoms with Gasteiger partial charge in [-0.2, -0.15) is 5.10 Å². The van der Waals surface area contributed by atoms with Gasteiger partial charge in [0.1, 0.15) is 5.82 Å². The van der Waals surface area contributed by atoms with Crippen LogP contribution in [0.3, 0.4) is 0 Å². The Morgan fingerprint density at radius 3 is 2.48 bits per heavy atom. The molecule has 23 heavy (non-hydrogen) atoms. The molecule has 0 bridgehead atoms. The lowest BCUT2D eigenvalue weighted by Crippen LogP contribution is -2.48. The Labute approximate surface area is 134 Å². The molecule has 3 rings (SSSR count). The van der Waals surface area contributed by atoms with Crippen molar-refractivity contribution in [2.45, 2.75) is 0 Å². The molecule has 1 aliphatic heterocycles. The second kappa shape index (κ2) is 6.64. The number of carbonyl (C=O) groups excluding carboxylic acids is 1. The number of hydrogen-bond acceptors (Lipinski definition) is 3. The van der Waals surface area contributed by atoms with Crippen LogP contribution in [-0.2, 0) is 11.8 Å². The lowest BCUT2D eigenvalue weighted by Gasteiger charge is -2.35. The third kappa shape index (κ3) is 3.77. The first-order valence-electron chi connectivity index (χ1n) is 7.58. The summed E-state index contributed by atoms with van der Waals surface area (Å²) in [6.45, 7) is 2.82. The summed E-state index contributed by atoms with van der Waals surface area (Å²) >= 11 is 0. The number of piperazine rings is 1. The average Bonchev–Trinajstić information content (AvgIpc) is 2.99. The van der Waals surface area contributed by atoms with E-state index >= 15 is 0 Å². The van der Waals surface area contributed by atoms with E-state index in [1.165, 1.54) is 12.1 Å². The minimum atomic E-state index is -0.233. The fourth-order valence-electron chi connectivity index (χ4n) is 2.64. The van der Waals surface area contributed by atoms with Crippen molar-refractivity contribution in [1.82, 2.24) is 14.7 Å². The molecule has 0 N–H and O–H groups in total. The highest BCUT2D eigenvalue weighted by molar-refractivity contribution is 5.91. The highest BCUT2D eigenvalue weighted by atomic mass is 19.1. The molecule has 0 unspecified atom stereocenters. The van der Waals surface area contributed by atoms with Crippen LogP contribution in [0.15, 0.2) is 42.7 Å². The minimum Gasteiger partial charge on any atom is -0.368 e. The summed E-state index contributed by atoms with van der Waals surface area (Å²) in [6, 6.07) is 6.47. The Morgan fingerprint density at radius 2 is 1.87 bits per heavy atom. The normalized spacial score (nSPS) is 15.4. The van der Waals surface area contributed by atoms with Crippen molar-refractivity contribution in [2.75, 3.05) is 31.1 Å². The van der Waals surface area contributed by atoms with Crippen LogP contribution < -0.4 is 4.90 Å². The molecule has 0 spiro atoms. The zero-order valence-electron chi connectivity index (χ0n) is 13.0. The van der Waals surface area contributed by atoms with Gasteiger partial charge in [0.2, 0.25) is 5.91 Å². The van der Waals surface area contributed by atoms with E-state index < -0.39 is 0 Å². The number of carbonyl (C=O) groups is 1. The van der Waals surface area contributed by atoms with Crippen LogP contribution in [-0.4, -0.2) is 46.8 Å². The number of anilines is 1. The minimum absolute atomic E-state index is 0.00705. The van der Waals surface area contributed by atoms with Crippen molar-refractivity contribution >= 4 is 17.7 Å². The number of hydrogen-bond donors (Lipinski definition) is 0. The molecular weight excluding hydrogens is 295 g/mol. The van der Waals surface area contributed by atoms with Gasteiger partial charge in [0, 0.05) is 56.8 Å². The van der Waals surface area contributed by atoms with Gasteiger partial charge in [0.15, 0.2) is 0 Å². The predicted octanol–water partition coefficient (Wildman–Crippen LogP) is 1.92.